The summed E-state index contributed by atoms with van der Waals surface area (Å²) >= 11 is 1.53. The number of carbonyl (C=O) groups is 1. The normalized spacial score (nSPS) is 10.7. The summed E-state index contributed by atoms with van der Waals surface area (Å²) in [6, 6.07) is -0.125. The summed E-state index contributed by atoms with van der Waals surface area (Å²) < 4.78 is 1.73. The summed E-state index contributed by atoms with van der Waals surface area (Å²) in [7, 11) is 3.40. The standard InChI is InChI=1S/C9H13N5OS/c1-6-12-14-5-7(11-9(14)16-6)4-10-8(15)13(2)3/h5H,4H2,1-3H3,(H,10,15). The summed E-state index contributed by atoms with van der Waals surface area (Å²) in [5.41, 5.74) is 0.814. The summed E-state index contributed by atoms with van der Waals surface area (Å²) in [4.78, 5) is 18.0. The van der Waals surface area contributed by atoms with Crippen LogP contribution in [0.15, 0.2) is 6.20 Å². The predicted octanol–water partition coefficient (Wildman–Crippen LogP) is 0.870. The van der Waals surface area contributed by atoms with Crippen molar-refractivity contribution in [3.8, 4) is 0 Å². The minimum atomic E-state index is -0.125. The molecule has 7 heteroatoms. The highest BCUT2D eigenvalue weighted by Gasteiger charge is 2.07. The lowest BCUT2D eigenvalue weighted by atomic mass is 10.5. The van der Waals surface area contributed by atoms with Crippen LogP contribution in [0.2, 0.25) is 0 Å². The van der Waals surface area contributed by atoms with Crippen LogP contribution in [0.25, 0.3) is 4.96 Å². The maximum Gasteiger partial charge on any atom is 0.317 e. The van der Waals surface area contributed by atoms with Gasteiger partial charge in [-0.1, -0.05) is 11.3 Å². The molecular formula is C9H13N5OS. The fourth-order valence-electron chi connectivity index (χ4n) is 1.25. The maximum atomic E-state index is 11.3. The smallest absolute Gasteiger partial charge is 0.317 e. The van der Waals surface area contributed by atoms with E-state index in [1.807, 2.05) is 13.1 Å². The number of aromatic nitrogens is 3. The number of nitrogens with one attached hydrogen (secondary N) is 1. The van der Waals surface area contributed by atoms with Crippen molar-refractivity contribution in [2.45, 2.75) is 13.5 Å². The lowest BCUT2D eigenvalue weighted by molar-refractivity contribution is 0.217. The summed E-state index contributed by atoms with van der Waals surface area (Å²) in [6.07, 6.45) is 1.83. The Balaban J connectivity index is 2.04. The second-order valence-electron chi connectivity index (χ2n) is 3.63. The molecule has 0 saturated carbocycles. The molecule has 86 valence electrons. The first-order valence-corrected chi connectivity index (χ1v) is 5.65. The van der Waals surface area contributed by atoms with E-state index in [-0.39, 0.29) is 6.03 Å². The minimum absolute atomic E-state index is 0.125. The van der Waals surface area contributed by atoms with E-state index in [0.29, 0.717) is 6.54 Å². The zero-order chi connectivity index (χ0) is 11.7. The lowest BCUT2D eigenvalue weighted by Gasteiger charge is -2.10. The summed E-state index contributed by atoms with van der Waals surface area (Å²) in [6.45, 7) is 2.36. The van der Waals surface area contributed by atoms with Crippen LogP contribution >= 0.6 is 11.3 Å². The Hall–Kier alpha value is -1.63. The van der Waals surface area contributed by atoms with Crippen LogP contribution < -0.4 is 5.32 Å². The Morgan fingerprint density at radius 1 is 1.62 bits per heavy atom. The fourth-order valence-corrected chi connectivity index (χ4v) is 2.00. The third-order valence-corrected chi connectivity index (χ3v) is 2.86. The van der Waals surface area contributed by atoms with Crippen LogP contribution in [0, 0.1) is 6.92 Å². The van der Waals surface area contributed by atoms with Gasteiger partial charge in [0.05, 0.1) is 18.4 Å². The van der Waals surface area contributed by atoms with Gasteiger partial charge in [-0.05, 0) is 6.92 Å². The quantitative estimate of drug-likeness (QED) is 0.846. The third kappa shape index (κ3) is 2.13. The average Bonchev–Trinajstić information content (AvgIpc) is 2.70. The number of rotatable bonds is 2. The molecule has 0 unspecified atom stereocenters. The Labute approximate surface area is 96.9 Å². The molecule has 2 amide bonds. The summed E-state index contributed by atoms with van der Waals surface area (Å²) in [5, 5.41) is 7.98. The van der Waals surface area contributed by atoms with Gasteiger partial charge in [-0.3, -0.25) is 0 Å². The number of fused-ring (bicyclic) bond motifs is 1. The van der Waals surface area contributed by atoms with Gasteiger partial charge in [0.25, 0.3) is 0 Å². The molecule has 0 aliphatic heterocycles. The van der Waals surface area contributed by atoms with Gasteiger partial charge in [-0.15, -0.1) is 0 Å². The first-order chi connectivity index (χ1) is 7.56. The van der Waals surface area contributed by atoms with E-state index in [4.69, 9.17) is 0 Å². The van der Waals surface area contributed by atoms with Gasteiger partial charge in [0.2, 0.25) is 4.96 Å². The zero-order valence-electron chi connectivity index (χ0n) is 9.39. The van der Waals surface area contributed by atoms with Crippen LogP contribution in [0.5, 0.6) is 0 Å². The van der Waals surface area contributed by atoms with Crippen molar-refractivity contribution in [3.05, 3.63) is 16.9 Å². The van der Waals surface area contributed by atoms with Crippen molar-refractivity contribution in [2.24, 2.45) is 0 Å². The van der Waals surface area contributed by atoms with Crippen molar-refractivity contribution in [1.29, 1.82) is 0 Å². The van der Waals surface area contributed by atoms with Crippen LogP contribution in [-0.2, 0) is 6.54 Å². The number of nitrogens with zero attached hydrogens (tertiary/aromatic N) is 4. The van der Waals surface area contributed by atoms with Gasteiger partial charge in [0.1, 0.15) is 5.01 Å². The molecule has 0 aromatic carbocycles. The molecule has 0 fully saturated rings. The zero-order valence-corrected chi connectivity index (χ0v) is 10.2. The minimum Gasteiger partial charge on any atom is -0.332 e. The SMILES string of the molecule is Cc1nn2cc(CNC(=O)N(C)C)nc2s1. The Morgan fingerprint density at radius 2 is 2.38 bits per heavy atom. The highest BCUT2D eigenvalue weighted by molar-refractivity contribution is 7.16. The van der Waals surface area contributed by atoms with E-state index >= 15 is 0 Å². The van der Waals surface area contributed by atoms with Gasteiger partial charge >= 0.3 is 6.03 Å². The molecule has 0 aliphatic carbocycles. The van der Waals surface area contributed by atoms with Crippen molar-refractivity contribution in [3.63, 3.8) is 0 Å². The molecule has 16 heavy (non-hydrogen) atoms. The molecule has 0 radical (unpaired) electrons. The first kappa shape index (κ1) is 10.9. The van der Waals surface area contributed by atoms with Crippen molar-refractivity contribution in [1.82, 2.24) is 24.8 Å². The molecule has 0 saturated heterocycles. The molecule has 0 atom stereocenters. The highest BCUT2D eigenvalue weighted by Crippen LogP contribution is 2.13. The second kappa shape index (κ2) is 4.09. The van der Waals surface area contributed by atoms with Gasteiger partial charge < -0.3 is 10.2 Å². The molecule has 2 heterocycles. The van der Waals surface area contributed by atoms with E-state index in [9.17, 15) is 4.79 Å². The van der Waals surface area contributed by atoms with Gasteiger partial charge in [-0.25, -0.2) is 14.3 Å². The molecule has 2 aromatic heterocycles. The van der Waals surface area contributed by atoms with Gasteiger partial charge in [-0.2, -0.15) is 5.10 Å². The number of urea groups is 1. The number of carbonyl (C=O) groups excluding carboxylic acids is 1. The van der Waals surface area contributed by atoms with Crippen LogP contribution in [0.4, 0.5) is 4.79 Å². The van der Waals surface area contributed by atoms with Crippen LogP contribution in [0.3, 0.4) is 0 Å². The monoisotopic (exact) mass is 239 g/mol. The van der Waals surface area contributed by atoms with Gasteiger partial charge in [0, 0.05) is 14.1 Å². The third-order valence-electron chi connectivity index (χ3n) is 2.02. The van der Waals surface area contributed by atoms with E-state index < -0.39 is 0 Å². The highest BCUT2D eigenvalue weighted by atomic mass is 32.1. The van der Waals surface area contributed by atoms with Gasteiger partial charge in [0.15, 0.2) is 0 Å². The molecule has 0 aliphatic rings. The first-order valence-electron chi connectivity index (χ1n) is 4.83. The fraction of sp³-hybridized carbons (Fsp3) is 0.444. The predicted molar refractivity (Wildman–Crippen MR) is 61.5 cm³/mol. The Kier molecular flexibility index (Phi) is 2.78. The molecule has 0 spiro atoms. The molecule has 2 aromatic rings. The average molecular weight is 239 g/mol. The maximum absolute atomic E-state index is 11.3. The summed E-state index contributed by atoms with van der Waals surface area (Å²) in [5.74, 6) is 0. The van der Waals surface area contributed by atoms with E-state index in [2.05, 4.69) is 15.4 Å². The molecular weight excluding hydrogens is 226 g/mol. The second-order valence-corrected chi connectivity index (χ2v) is 4.79. The van der Waals surface area contributed by atoms with Crippen molar-refractivity contribution >= 4 is 22.3 Å². The number of hydrogen-bond donors (Lipinski definition) is 1. The largest absolute Gasteiger partial charge is 0.332 e. The lowest BCUT2D eigenvalue weighted by Crippen LogP contribution is -2.34. The molecule has 0 bridgehead atoms. The van der Waals surface area contributed by atoms with E-state index in [1.165, 1.54) is 16.2 Å². The Morgan fingerprint density at radius 3 is 3.00 bits per heavy atom. The van der Waals surface area contributed by atoms with E-state index in [1.54, 1.807) is 18.6 Å². The molecule has 6 nitrogen and oxygen atoms in total. The number of hydrogen-bond acceptors (Lipinski definition) is 4. The topological polar surface area (TPSA) is 62.5 Å². The van der Waals surface area contributed by atoms with Crippen molar-refractivity contribution < 1.29 is 4.79 Å². The Bertz CT molecular complexity index is 483. The van der Waals surface area contributed by atoms with Crippen LogP contribution in [-0.4, -0.2) is 39.6 Å². The molecule has 1 N–H and O–H groups in total. The molecule has 2 rings (SSSR count). The number of aryl methyl sites for hydroxylation is 1. The van der Waals surface area contributed by atoms with E-state index in [0.717, 1.165) is 15.7 Å². The van der Waals surface area contributed by atoms with Crippen LogP contribution in [0.1, 0.15) is 10.7 Å². The number of amides is 2. The number of imidazole rings is 1. The van der Waals surface area contributed by atoms with Crippen molar-refractivity contribution in [2.75, 3.05) is 14.1 Å².